The van der Waals surface area contributed by atoms with E-state index in [1.807, 2.05) is 13.8 Å². The minimum Gasteiger partial charge on any atom is -0.457 e. The maximum absolute atomic E-state index is 14.2. The molecule has 0 heterocycles. The van der Waals surface area contributed by atoms with Crippen molar-refractivity contribution in [2.24, 2.45) is 82.9 Å². The highest BCUT2D eigenvalue weighted by atomic mass is 19.4. The zero-order valence-corrected chi connectivity index (χ0v) is 33.2. The SMILES string of the molecule is CC(C)C1CC2CC1CC2CC(O)(C(F)(F)F)C(F)(F)F.CC(C)C1CC2CC1CC2CC(OCC(=O)OC1(C)C2CC3CC(C2)CC1C3)(C(F)(F)F)C(F)(F)F. The van der Waals surface area contributed by atoms with Crippen molar-refractivity contribution < 1.29 is 72.1 Å². The topological polar surface area (TPSA) is 55.8 Å². The number of fused-ring (bicyclic) bond motifs is 4. The second-order valence-electron chi connectivity index (χ2n) is 20.1. The number of alkyl halides is 12. The monoisotopic (exact) mass is 842 g/mol. The van der Waals surface area contributed by atoms with Crippen LogP contribution in [-0.4, -0.2) is 59.2 Å². The fourth-order valence-electron chi connectivity index (χ4n) is 13.5. The Hall–Kier alpha value is -1.45. The Bertz CT molecular complexity index is 1380. The van der Waals surface area contributed by atoms with E-state index in [0.29, 0.717) is 74.0 Å². The van der Waals surface area contributed by atoms with Crippen molar-refractivity contribution >= 4 is 5.97 Å². The van der Waals surface area contributed by atoms with Crippen LogP contribution in [0.3, 0.4) is 0 Å². The molecule has 0 aromatic rings. The van der Waals surface area contributed by atoms with Gasteiger partial charge in [0.2, 0.25) is 0 Å². The number of aliphatic hydroxyl groups is 1. The summed E-state index contributed by atoms with van der Waals surface area (Å²) in [7, 11) is 0. The van der Waals surface area contributed by atoms with Gasteiger partial charge in [-0.15, -0.1) is 0 Å². The highest BCUT2D eigenvalue weighted by Crippen LogP contribution is 2.62. The predicted molar refractivity (Wildman–Crippen MR) is 184 cm³/mol. The van der Waals surface area contributed by atoms with Crippen LogP contribution in [0.15, 0.2) is 0 Å². The van der Waals surface area contributed by atoms with Crippen LogP contribution in [0, 0.1) is 82.9 Å². The molecule has 57 heavy (non-hydrogen) atoms. The highest BCUT2D eigenvalue weighted by Gasteiger charge is 2.74. The van der Waals surface area contributed by atoms with Crippen LogP contribution in [-0.2, 0) is 14.3 Å². The number of halogens is 12. The third-order valence-corrected chi connectivity index (χ3v) is 16.3. The molecule has 4 nitrogen and oxygen atoms in total. The van der Waals surface area contributed by atoms with Gasteiger partial charge in [-0.2, -0.15) is 52.7 Å². The Kier molecular flexibility index (Phi) is 12.0. The quantitative estimate of drug-likeness (QED) is 0.176. The number of esters is 1. The molecule has 16 heteroatoms. The van der Waals surface area contributed by atoms with Gasteiger partial charge >= 0.3 is 30.7 Å². The molecule has 8 rings (SSSR count). The Labute approximate surface area is 326 Å². The maximum atomic E-state index is 14.2. The van der Waals surface area contributed by atoms with Gasteiger partial charge in [0, 0.05) is 0 Å². The maximum Gasteiger partial charge on any atom is 0.426 e. The smallest absolute Gasteiger partial charge is 0.426 e. The average molecular weight is 843 g/mol. The fraction of sp³-hybridized carbons (Fsp3) is 0.976. The van der Waals surface area contributed by atoms with Crippen molar-refractivity contribution in [3.8, 4) is 0 Å². The molecule has 0 amide bonds. The molecule has 0 aromatic carbocycles. The Morgan fingerprint density at radius 1 is 0.579 bits per heavy atom. The Balaban J connectivity index is 0.000000223. The van der Waals surface area contributed by atoms with Gasteiger partial charge in [-0.3, -0.25) is 0 Å². The van der Waals surface area contributed by atoms with Gasteiger partial charge < -0.3 is 14.6 Å². The molecule has 0 aliphatic heterocycles. The summed E-state index contributed by atoms with van der Waals surface area (Å²) in [5, 5.41) is 9.30. The van der Waals surface area contributed by atoms with Crippen molar-refractivity contribution in [2.75, 3.05) is 6.61 Å². The predicted octanol–water partition coefficient (Wildman–Crippen LogP) is 11.9. The van der Waals surface area contributed by atoms with Gasteiger partial charge in [0.1, 0.15) is 12.2 Å². The van der Waals surface area contributed by atoms with E-state index in [0.717, 1.165) is 25.7 Å². The summed E-state index contributed by atoms with van der Waals surface area (Å²) in [5.41, 5.74) is -9.79. The van der Waals surface area contributed by atoms with Gasteiger partial charge in [0.25, 0.3) is 11.2 Å². The van der Waals surface area contributed by atoms with Gasteiger partial charge in [0.15, 0.2) is 0 Å². The average Bonchev–Trinajstić information content (AvgIpc) is 3.85. The van der Waals surface area contributed by atoms with Crippen LogP contribution in [0.5, 0.6) is 0 Å². The molecule has 0 aromatic heterocycles. The molecule has 8 unspecified atom stereocenters. The second kappa shape index (κ2) is 15.2. The molecule has 0 saturated heterocycles. The van der Waals surface area contributed by atoms with Crippen molar-refractivity contribution in [1.29, 1.82) is 0 Å². The number of hydrogen-bond donors (Lipinski definition) is 1. The van der Waals surface area contributed by atoms with Crippen LogP contribution in [0.1, 0.15) is 118 Å². The first-order chi connectivity index (χ1) is 26.0. The molecule has 1 N–H and O–H groups in total. The molecular formula is C41H58F12O4. The molecule has 8 fully saturated rings. The molecule has 8 aliphatic carbocycles. The van der Waals surface area contributed by atoms with E-state index < -0.39 is 78.8 Å². The number of carbonyl (C=O) groups excluding carboxylic acids is 1. The van der Waals surface area contributed by atoms with E-state index in [1.165, 1.54) is 6.42 Å². The van der Waals surface area contributed by atoms with E-state index in [9.17, 15) is 62.6 Å². The van der Waals surface area contributed by atoms with E-state index in [4.69, 9.17) is 4.74 Å². The van der Waals surface area contributed by atoms with Crippen molar-refractivity contribution in [1.82, 2.24) is 0 Å². The zero-order valence-electron chi connectivity index (χ0n) is 33.2. The van der Waals surface area contributed by atoms with Crippen LogP contribution < -0.4 is 0 Å². The highest BCUT2D eigenvalue weighted by molar-refractivity contribution is 5.71. The molecule has 8 atom stereocenters. The summed E-state index contributed by atoms with van der Waals surface area (Å²) >= 11 is 0. The molecule has 0 spiro atoms. The summed E-state index contributed by atoms with van der Waals surface area (Å²) in [6.45, 7) is 8.61. The zero-order chi connectivity index (χ0) is 42.5. The van der Waals surface area contributed by atoms with Crippen molar-refractivity contribution in [2.45, 2.75) is 160 Å². The van der Waals surface area contributed by atoms with Crippen LogP contribution in [0.2, 0.25) is 0 Å². The third-order valence-electron chi connectivity index (χ3n) is 16.3. The number of rotatable bonds is 10. The summed E-state index contributed by atoms with van der Waals surface area (Å²) in [6, 6.07) is 0. The normalized spacial score (nSPS) is 39.0. The first-order valence-electron chi connectivity index (χ1n) is 20.8. The van der Waals surface area contributed by atoms with Crippen LogP contribution >= 0.6 is 0 Å². The summed E-state index contributed by atoms with van der Waals surface area (Å²) in [5.74, 6) is 0.349. The standard InChI is InChI=1S/C27H38F6O3.C14H20F6O/c1-14(2)22-11-17-9-18(22)10-19(17)12-25(26(28,29)30,27(31,32)33)35-13-23(34)36-24(3)20-5-15-4-16(7-20)8-21(24)6-15;1-7(2)11-5-8-3-9(11)4-10(8)6-12(21,13(15,16)17)14(18,19)20/h14-22H,4-13H2,1-3H3;7-11,21H,3-6H2,1-2H3. The van der Waals surface area contributed by atoms with E-state index in [2.05, 4.69) is 18.6 Å². The summed E-state index contributed by atoms with van der Waals surface area (Å²) in [6.07, 6.45) is -17.1. The first-order valence-corrected chi connectivity index (χ1v) is 20.8. The molecule has 8 aliphatic rings. The minimum absolute atomic E-state index is 0.107. The van der Waals surface area contributed by atoms with Crippen molar-refractivity contribution in [3.05, 3.63) is 0 Å². The van der Waals surface area contributed by atoms with Gasteiger partial charge in [0.05, 0.1) is 0 Å². The second-order valence-corrected chi connectivity index (χ2v) is 20.1. The van der Waals surface area contributed by atoms with E-state index >= 15 is 0 Å². The lowest BCUT2D eigenvalue weighted by Crippen LogP contribution is -2.61. The largest absolute Gasteiger partial charge is 0.457 e. The van der Waals surface area contributed by atoms with Gasteiger partial charge in [-0.05, 0) is 173 Å². The lowest BCUT2D eigenvalue weighted by atomic mass is 9.50. The van der Waals surface area contributed by atoms with Crippen LogP contribution in [0.25, 0.3) is 0 Å². The summed E-state index contributed by atoms with van der Waals surface area (Å²) in [4.78, 5) is 12.7. The van der Waals surface area contributed by atoms with Crippen molar-refractivity contribution in [3.63, 3.8) is 0 Å². The molecule has 330 valence electrons. The lowest BCUT2D eigenvalue weighted by Gasteiger charge is -2.59. The molecule has 0 radical (unpaired) electrons. The fourth-order valence-corrected chi connectivity index (χ4v) is 13.5. The minimum atomic E-state index is -5.70. The first kappa shape index (κ1) is 45.1. The Morgan fingerprint density at radius 3 is 1.32 bits per heavy atom. The van der Waals surface area contributed by atoms with E-state index in [-0.39, 0.29) is 35.5 Å². The third kappa shape index (κ3) is 8.20. The van der Waals surface area contributed by atoms with Gasteiger partial charge in [-0.25, -0.2) is 4.79 Å². The van der Waals surface area contributed by atoms with E-state index in [1.54, 1.807) is 6.92 Å². The Morgan fingerprint density at radius 2 is 0.982 bits per heavy atom. The van der Waals surface area contributed by atoms with Gasteiger partial charge in [-0.1, -0.05) is 27.7 Å². The molecule has 8 bridgehead atoms. The molecule has 8 saturated carbocycles. The van der Waals surface area contributed by atoms with Crippen LogP contribution in [0.4, 0.5) is 52.7 Å². The number of carbonyl (C=O) groups is 1. The number of ether oxygens (including phenoxy) is 2. The lowest BCUT2D eigenvalue weighted by molar-refractivity contribution is -0.385. The number of hydrogen-bond acceptors (Lipinski definition) is 4. The molecular weight excluding hydrogens is 784 g/mol. The summed E-state index contributed by atoms with van der Waals surface area (Å²) < 4.78 is 172.